The van der Waals surface area contributed by atoms with E-state index in [1.54, 1.807) is 4.31 Å². The average molecular weight is 270 g/mol. The first-order valence-corrected chi connectivity index (χ1v) is 7.00. The quantitative estimate of drug-likeness (QED) is 0.755. The van der Waals surface area contributed by atoms with E-state index >= 15 is 0 Å². The third kappa shape index (κ3) is 3.30. The van der Waals surface area contributed by atoms with Crippen LogP contribution in [0.5, 0.6) is 0 Å². The zero-order chi connectivity index (χ0) is 10.9. The summed E-state index contributed by atoms with van der Waals surface area (Å²) >= 11 is 0. The average Bonchev–Trinajstić information content (AvgIpc) is 2.75. The largest absolute Gasteiger partial charge is 0.315 e. The van der Waals surface area contributed by atoms with Crippen LogP contribution in [0.15, 0.2) is 0 Å². The SMILES string of the molecule is CC1CCN(S(=O)(=O)NC2CCNC2)C1.Cl. The van der Waals surface area contributed by atoms with Gasteiger partial charge in [-0.15, -0.1) is 12.4 Å². The fraction of sp³-hybridized carbons (Fsp3) is 1.00. The van der Waals surface area contributed by atoms with Gasteiger partial charge in [0.25, 0.3) is 10.2 Å². The van der Waals surface area contributed by atoms with Crippen LogP contribution in [0.1, 0.15) is 19.8 Å². The first-order valence-electron chi connectivity index (χ1n) is 5.56. The van der Waals surface area contributed by atoms with Crippen LogP contribution in [-0.2, 0) is 10.2 Å². The molecule has 0 saturated carbocycles. The summed E-state index contributed by atoms with van der Waals surface area (Å²) < 4.78 is 28.2. The molecule has 2 unspecified atom stereocenters. The van der Waals surface area contributed by atoms with Crippen molar-refractivity contribution in [2.45, 2.75) is 25.8 Å². The molecule has 5 nitrogen and oxygen atoms in total. The Hall–Kier alpha value is 0.120. The standard InChI is InChI=1S/C9H19N3O2S.ClH/c1-8-3-5-12(7-8)15(13,14)11-9-2-4-10-6-9;/h8-11H,2-7H2,1H3;1H. The molecule has 2 aliphatic rings. The van der Waals surface area contributed by atoms with Crippen LogP contribution in [0.3, 0.4) is 0 Å². The van der Waals surface area contributed by atoms with E-state index in [0.29, 0.717) is 19.0 Å². The van der Waals surface area contributed by atoms with Crippen LogP contribution in [0.4, 0.5) is 0 Å². The van der Waals surface area contributed by atoms with Crippen molar-refractivity contribution in [3.8, 4) is 0 Å². The van der Waals surface area contributed by atoms with Gasteiger partial charge < -0.3 is 5.32 Å². The number of hydrogen-bond donors (Lipinski definition) is 2. The van der Waals surface area contributed by atoms with E-state index in [9.17, 15) is 8.42 Å². The van der Waals surface area contributed by atoms with Crippen molar-refractivity contribution in [2.24, 2.45) is 5.92 Å². The maximum absolute atomic E-state index is 11.9. The van der Waals surface area contributed by atoms with Crippen molar-refractivity contribution in [3.05, 3.63) is 0 Å². The molecule has 2 rings (SSSR count). The molecule has 0 aromatic carbocycles. The normalized spacial score (nSPS) is 31.6. The van der Waals surface area contributed by atoms with Crippen molar-refractivity contribution in [1.29, 1.82) is 0 Å². The van der Waals surface area contributed by atoms with Gasteiger partial charge in [0.2, 0.25) is 0 Å². The van der Waals surface area contributed by atoms with E-state index in [4.69, 9.17) is 0 Å². The molecule has 2 N–H and O–H groups in total. The Balaban J connectivity index is 0.00000128. The number of hydrogen-bond acceptors (Lipinski definition) is 3. The molecule has 0 aromatic heterocycles. The molecule has 0 radical (unpaired) electrons. The molecule has 2 saturated heterocycles. The second-order valence-corrected chi connectivity index (χ2v) is 6.27. The molecule has 2 aliphatic heterocycles. The van der Waals surface area contributed by atoms with Gasteiger partial charge in [-0.05, 0) is 25.3 Å². The minimum atomic E-state index is -3.23. The van der Waals surface area contributed by atoms with Crippen molar-refractivity contribution < 1.29 is 8.42 Å². The molecule has 0 aromatic rings. The van der Waals surface area contributed by atoms with E-state index in [2.05, 4.69) is 17.0 Å². The molecule has 0 spiro atoms. The second-order valence-electron chi connectivity index (χ2n) is 4.56. The number of nitrogens with zero attached hydrogens (tertiary/aromatic N) is 1. The lowest BCUT2D eigenvalue weighted by atomic mass is 10.2. The summed E-state index contributed by atoms with van der Waals surface area (Å²) in [6.07, 6.45) is 1.87. The summed E-state index contributed by atoms with van der Waals surface area (Å²) in [5, 5.41) is 3.15. The highest BCUT2D eigenvalue weighted by Crippen LogP contribution is 2.18. The van der Waals surface area contributed by atoms with E-state index in [0.717, 1.165) is 25.9 Å². The Kier molecular flexibility index (Phi) is 5.00. The Morgan fingerprint density at radius 3 is 2.62 bits per heavy atom. The maximum atomic E-state index is 11.9. The topological polar surface area (TPSA) is 61.4 Å². The predicted molar refractivity (Wildman–Crippen MR) is 65.9 cm³/mol. The van der Waals surface area contributed by atoms with Gasteiger partial charge in [-0.2, -0.15) is 17.4 Å². The zero-order valence-electron chi connectivity index (χ0n) is 9.48. The highest BCUT2D eigenvalue weighted by atomic mass is 35.5. The van der Waals surface area contributed by atoms with Gasteiger partial charge >= 0.3 is 0 Å². The molecule has 2 fully saturated rings. The van der Waals surface area contributed by atoms with Crippen LogP contribution in [0.2, 0.25) is 0 Å². The van der Waals surface area contributed by atoms with E-state index in [-0.39, 0.29) is 18.4 Å². The van der Waals surface area contributed by atoms with Crippen molar-refractivity contribution in [2.75, 3.05) is 26.2 Å². The van der Waals surface area contributed by atoms with Crippen LogP contribution in [0.25, 0.3) is 0 Å². The van der Waals surface area contributed by atoms with Gasteiger partial charge in [0, 0.05) is 25.7 Å². The predicted octanol–water partition coefficient (Wildman–Crippen LogP) is -0.0537. The lowest BCUT2D eigenvalue weighted by molar-refractivity contribution is 0.444. The number of nitrogens with one attached hydrogen (secondary N) is 2. The summed E-state index contributed by atoms with van der Waals surface area (Å²) in [5.74, 6) is 0.489. The van der Waals surface area contributed by atoms with E-state index in [1.165, 1.54) is 0 Å². The second kappa shape index (κ2) is 5.64. The highest BCUT2D eigenvalue weighted by Gasteiger charge is 2.31. The fourth-order valence-corrected chi connectivity index (χ4v) is 3.72. The third-order valence-electron chi connectivity index (χ3n) is 3.10. The van der Waals surface area contributed by atoms with Crippen molar-refractivity contribution >= 4 is 22.6 Å². The molecular formula is C9H20ClN3O2S. The summed E-state index contributed by atoms with van der Waals surface area (Å²) in [6, 6.07) is 0.0749. The van der Waals surface area contributed by atoms with Crippen LogP contribution in [0, 0.1) is 5.92 Å². The Labute approximate surface area is 104 Å². The lowest BCUT2D eigenvalue weighted by Crippen LogP contribution is -2.45. The lowest BCUT2D eigenvalue weighted by Gasteiger charge is -2.19. The fourth-order valence-electron chi connectivity index (χ4n) is 2.15. The Bertz CT molecular complexity index is 317. The highest BCUT2D eigenvalue weighted by molar-refractivity contribution is 7.87. The molecule has 2 heterocycles. The molecule has 0 amide bonds. The number of halogens is 1. The van der Waals surface area contributed by atoms with Gasteiger partial charge in [0.05, 0.1) is 0 Å². The molecule has 0 aliphatic carbocycles. The van der Waals surface area contributed by atoms with Crippen molar-refractivity contribution in [3.63, 3.8) is 0 Å². The summed E-state index contributed by atoms with van der Waals surface area (Å²) in [7, 11) is -3.23. The molecule has 16 heavy (non-hydrogen) atoms. The molecular weight excluding hydrogens is 250 g/mol. The monoisotopic (exact) mass is 269 g/mol. The zero-order valence-corrected chi connectivity index (χ0v) is 11.1. The minimum absolute atomic E-state index is 0. The molecule has 2 atom stereocenters. The molecule has 96 valence electrons. The summed E-state index contributed by atoms with van der Waals surface area (Å²) in [4.78, 5) is 0. The maximum Gasteiger partial charge on any atom is 0.279 e. The number of rotatable bonds is 3. The Morgan fingerprint density at radius 2 is 2.12 bits per heavy atom. The summed E-state index contributed by atoms with van der Waals surface area (Å²) in [5.41, 5.74) is 0. The van der Waals surface area contributed by atoms with Gasteiger partial charge in [-0.25, -0.2) is 0 Å². The first kappa shape index (κ1) is 14.2. The van der Waals surface area contributed by atoms with Crippen LogP contribution < -0.4 is 10.0 Å². The van der Waals surface area contributed by atoms with Crippen molar-refractivity contribution in [1.82, 2.24) is 14.3 Å². The van der Waals surface area contributed by atoms with Gasteiger partial charge in [0.1, 0.15) is 0 Å². The Morgan fingerprint density at radius 1 is 1.38 bits per heavy atom. The van der Waals surface area contributed by atoms with Gasteiger partial charge in [-0.1, -0.05) is 6.92 Å². The first-order chi connectivity index (χ1) is 7.08. The smallest absolute Gasteiger partial charge is 0.279 e. The minimum Gasteiger partial charge on any atom is -0.315 e. The molecule has 7 heteroatoms. The molecule has 0 bridgehead atoms. The third-order valence-corrected chi connectivity index (χ3v) is 4.75. The van der Waals surface area contributed by atoms with Crippen LogP contribution in [-0.4, -0.2) is 44.9 Å². The van der Waals surface area contributed by atoms with E-state index in [1.807, 2.05) is 0 Å². The summed E-state index contributed by atoms with van der Waals surface area (Å²) in [6.45, 7) is 5.07. The van der Waals surface area contributed by atoms with Gasteiger partial charge in [-0.3, -0.25) is 0 Å². The van der Waals surface area contributed by atoms with Crippen LogP contribution >= 0.6 is 12.4 Å². The van der Waals surface area contributed by atoms with E-state index < -0.39 is 10.2 Å². The van der Waals surface area contributed by atoms with Gasteiger partial charge in [0.15, 0.2) is 0 Å².